The number of rotatable bonds is 0. The van der Waals surface area contributed by atoms with E-state index in [2.05, 4.69) is 0 Å². The van der Waals surface area contributed by atoms with E-state index in [9.17, 15) is 0 Å². The van der Waals surface area contributed by atoms with Crippen LogP contribution in [0.25, 0.3) is 0 Å². The fourth-order valence-corrected chi connectivity index (χ4v) is 0. The monoisotopic (exact) mass is 548 g/mol. The smallest absolute Gasteiger partial charge is 0 e. The van der Waals surface area contributed by atoms with Gasteiger partial charge in [0.25, 0.3) is 0 Å². The molecule has 0 rings (SSSR count). The summed E-state index contributed by atoms with van der Waals surface area (Å²) in [6.45, 7) is 0. The summed E-state index contributed by atoms with van der Waals surface area (Å²) in [5, 5.41) is 0. The Balaban J connectivity index is 0. The summed E-state index contributed by atoms with van der Waals surface area (Å²) in [7, 11) is 0. The molecule has 0 amide bonds. The molecule has 0 spiro atoms. The Hall–Kier alpha value is 3.30. The van der Waals surface area contributed by atoms with Gasteiger partial charge in [0, 0.05) is 105 Å². The van der Waals surface area contributed by atoms with Crippen molar-refractivity contribution < 1.29 is 116 Å². The van der Waals surface area contributed by atoms with Crippen LogP contribution in [0.15, 0.2) is 0 Å². The van der Waals surface area contributed by atoms with Gasteiger partial charge in [0.1, 0.15) is 0 Å². The number of hydrogen-bond donors (Lipinski definition) is 0. The third kappa shape index (κ3) is 18.8. The van der Waals surface area contributed by atoms with Gasteiger partial charge in [-0.25, -0.2) is 0 Å². The van der Waals surface area contributed by atoms with Gasteiger partial charge in [0.05, 0.1) is 0 Å². The molecule has 0 aliphatic heterocycles. The van der Waals surface area contributed by atoms with Gasteiger partial charge in [-0.15, -0.1) is 0 Å². The summed E-state index contributed by atoms with van der Waals surface area (Å²) in [6.07, 6.45) is 0. The summed E-state index contributed by atoms with van der Waals surface area (Å²) in [6, 6.07) is 0. The fourth-order valence-electron chi connectivity index (χ4n) is 0. The van der Waals surface area contributed by atoms with Crippen LogP contribution >= 0.6 is 0 Å². The molecule has 0 aromatic rings. The molecule has 0 unspecified atom stereocenters. The molecule has 0 fully saturated rings. The molecule has 0 atom stereocenters. The SMILES string of the molecule is O.O.[Ac].[Ac].[Ni]. The minimum atomic E-state index is 0. The molecule has 5 heavy (non-hydrogen) atoms. The molecule has 5 heteroatoms. The Labute approximate surface area is 112 Å². The minimum absolute atomic E-state index is 0. The first-order valence-electron chi connectivity index (χ1n) is 0. The quantitative estimate of drug-likeness (QED) is 0.326. The van der Waals surface area contributed by atoms with Crippen molar-refractivity contribution in [2.75, 3.05) is 0 Å². The zero-order valence-corrected chi connectivity index (χ0v) is 12.9. The number of hydrogen-bond acceptors (Lipinski definition) is 0. The van der Waals surface area contributed by atoms with Crippen LogP contribution in [0.5, 0.6) is 0 Å². The van der Waals surface area contributed by atoms with Gasteiger partial charge in [-0.1, -0.05) is 0 Å². The Bertz CT molecular complexity index is 7.61. The van der Waals surface area contributed by atoms with Crippen LogP contribution in [-0.4, -0.2) is 11.0 Å². The van der Waals surface area contributed by atoms with E-state index in [1.54, 1.807) is 0 Å². The summed E-state index contributed by atoms with van der Waals surface area (Å²) < 4.78 is 0. The Morgan fingerprint density at radius 2 is 0.600 bits per heavy atom. The zero-order valence-electron chi connectivity index (χ0n) is 2.47. The Morgan fingerprint density at radius 3 is 0.600 bits per heavy atom. The molecular formula is H4Ac2NiO2. The van der Waals surface area contributed by atoms with Crippen LogP contribution in [0, 0.1) is 88.1 Å². The molecule has 0 aromatic heterocycles. The van der Waals surface area contributed by atoms with E-state index < -0.39 is 0 Å². The summed E-state index contributed by atoms with van der Waals surface area (Å²) >= 11 is 0. The molecule has 32 valence electrons. The molecule has 2 radical (unpaired) electrons. The zero-order chi connectivity index (χ0) is 0. The maximum Gasteiger partial charge on any atom is 0 e. The van der Waals surface area contributed by atoms with Crippen LogP contribution in [0.2, 0.25) is 0 Å². The average molecular weight is 549 g/mol. The van der Waals surface area contributed by atoms with E-state index in [0.717, 1.165) is 0 Å². The molecule has 0 saturated carbocycles. The predicted molar refractivity (Wildman–Crippen MR) is 7.23 cm³/mol. The normalized spacial score (nSPS) is 0. The van der Waals surface area contributed by atoms with Crippen molar-refractivity contribution in [3.63, 3.8) is 0 Å². The van der Waals surface area contributed by atoms with Crippen LogP contribution in [0.4, 0.5) is 0 Å². The molecule has 4 N–H and O–H groups in total. The van der Waals surface area contributed by atoms with Gasteiger partial charge in [0.15, 0.2) is 0 Å². The first-order chi connectivity index (χ1) is 0. The summed E-state index contributed by atoms with van der Waals surface area (Å²) in [4.78, 5) is 0. The summed E-state index contributed by atoms with van der Waals surface area (Å²) in [5.74, 6) is 0. The van der Waals surface area contributed by atoms with Gasteiger partial charge in [-0.3, -0.25) is 0 Å². The molecule has 0 aliphatic rings. The first kappa shape index (κ1) is 40.6. The summed E-state index contributed by atoms with van der Waals surface area (Å²) in [5.41, 5.74) is 0. The fraction of sp³-hybridized carbons (Fsp3) is 0. The van der Waals surface area contributed by atoms with Crippen LogP contribution in [0.3, 0.4) is 0 Å². The second-order valence-corrected chi connectivity index (χ2v) is 0. The Kier molecular flexibility index (Phi) is 216. The van der Waals surface area contributed by atoms with Crippen LogP contribution in [-0.2, 0) is 16.5 Å². The first-order valence-corrected chi connectivity index (χ1v) is 0. The van der Waals surface area contributed by atoms with Gasteiger partial charge >= 0.3 is 0 Å². The van der Waals surface area contributed by atoms with Gasteiger partial charge in [-0.2, -0.15) is 0 Å². The third-order valence-electron chi connectivity index (χ3n) is 0. The molecular weight excluding hydrogens is 545 g/mol. The second-order valence-electron chi connectivity index (χ2n) is 0. The van der Waals surface area contributed by atoms with Gasteiger partial charge in [-0.05, 0) is 0 Å². The molecule has 2 nitrogen and oxygen atoms in total. The molecule has 0 aliphatic carbocycles. The Morgan fingerprint density at radius 1 is 0.600 bits per heavy atom. The van der Waals surface area contributed by atoms with Gasteiger partial charge in [0.2, 0.25) is 0 Å². The standard InChI is InChI=1S/2Ac.Ni.2H2O/h;;;2*1H2. The van der Waals surface area contributed by atoms with E-state index in [1.807, 2.05) is 0 Å². The molecule has 0 heterocycles. The average Bonchev–Trinajstić information content (AvgIpc) is 0. The van der Waals surface area contributed by atoms with Crippen molar-refractivity contribution in [3.05, 3.63) is 0 Å². The van der Waals surface area contributed by atoms with Crippen molar-refractivity contribution in [3.8, 4) is 0 Å². The van der Waals surface area contributed by atoms with Crippen LogP contribution in [0.1, 0.15) is 0 Å². The van der Waals surface area contributed by atoms with Crippen molar-refractivity contribution in [1.29, 1.82) is 0 Å². The predicted octanol–water partition coefficient (Wildman–Crippen LogP) is -1.65. The molecule has 0 bridgehead atoms. The van der Waals surface area contributed by atoms with Crippen LogP contribution < -0.4 is 0 Å². The maximum atomic E-state index is 0. The molecule has 0 aromatic carbocycles. The second kappa shape index (κ2) is 26.6. The van der Waals surface area contributed by atoms with Crippen molar-refractivity contribution in [1.82, 2.24) is 0 Å². The van der Waals surface area contributed by atoms with E-state index in [4.69, 9.17) is 0 Å². The van der Waals surface area contributed by atoms with E-state index in [-0.39, 0.29) is 116 Å². The topological polar surface area (TPSA) is 63.0 Å². The van der Waals surface area contributed by atoms with Crippen molar-refractivity contribution in [2.24, 2.45) is 0 Å². The van der Waals surface area contributed by atoms with Gasteiger partial charge < -0.3 is 11.0 Å². The van der Waals surface area contributed by atoms with E-state index in [0.29, 0.717) is 0 Å². The largest absolute Gasteiger partial charge is 0.412 e. The van der Waals surface area contributed by atoms with Crippen molar-refractivity contribution in [2.45, 2.75) is 0 Å². The minimum Gasteiger partial charge on any atom is -0.412 e. The molecule has 0 saturated heterocycles. The third-order valence-corrected chi connectivity index (χ3v) is 0. The van der Waals surface area contributed by atoms with E-state index >= 15 is 0 Å². The van der Waals surface area contributed by atoms with E-state index in [1.165, 1.54) is 0 Å². The van der Waals surface area contributed by atoms with Crippen molar-refractivity contribution >= 4 is 0 Å². The maximum absolute atomic E-state index is 0.